The maximum atomic E-state index is 12.7. The van der Waals surface area contributed by atoms with Crippen LogP contribution >= 0.6 is 0 Å². The number of aryl methyl sites for hydroxylation is 1. The number of methoxy groups -OCH3 is 1. The monoisotopic (exact) mass is 375 g/mol. The van der Waals surface area contributed by atoms with Crippen molar-refractivity contribution in [2.24, 2.45) is 0 Å². The van der Waals surface area contributed by atoms with Gasteiger partial charge in [0.05, 0.1) is 13.2 Å². The fourth-order valence-corrected chi connectivity index (χ4v) is 3.01. The Labute approximate surface area is 166 Å². The Morgan fingerprint density at radius 3 is 2.39 bits per heavy atom. The van der Waals surface area contributed by atoms with E-state index in [-0.39, 0.29) is 11.9 Å². The Balaban J connectivity index is 1.74. The van der Waals surface area contributed by atoms with Crippen LogP contribution in [0.25, 0.3) is 0 Å². The Bertz CT molecular complexity index is 938. The highest BCUT2D eigenvalue weighted by molar-refractivity contribution is 5.94. The molecule has 4 nitrogen and oxygen atoms in total. The first-order chi connectivity index (χ1) is 13.6. The number of hydrogen-bond donors (Lipinski definition) is 1. The van der Waals surface area contributed by atoms with E-state index in [2.05, 4.69) is 5.32 Å². The fraction of sp³-hybridized carbons (Fsp3) is 0.208. The summed E-state index contributed by atoms with van der Waals surface area (Å²) in [7, 11) is 1.61. The van der Waals surface area contributed by atoms with Crippen molar-refractivity contribution in [1.29, 1.82) is 0 Å². The zero-order valence-corrected chi connectivity index (χ0v) is 16.4. The average Bonchev–Trinajstić information content (AvgIpc) is 2.73. The van der Waals surface area contributed by atoms with Crippen LogP contribution in [0.1, 0.15) is 40.0 Å². The smallest absolute Gasteiger partial charge is 0.251 e. The summed E-state index contributed by atoms with van der Waals surface area (Å²) in [5.41, 5.74) is 3.53. The van der Waals surface area contributed by atoms with Gasteiger partial charge in [-0.3, -0.25) is 4.79 Å². The summed E-state index contributed by atoms with van der Waals surface area (Å²) in [5, 5.41) is 3.04. The number of para-hydroxylation sites is 1. The number of rotatable bonds is 7. The van der Waals surface area contributed by atoms with Gasteiger partial charge in [-0.15, -0.1) is 0 Å². The summed E-state index contributed by atoms with van der Waals surface area (Å²) in [6, 6.07) is 23.0. The largest absolute Gasteiger partial charge is 0.496 e. The summed E-state index contributed by atoms with van der Waals surface area (Å²) >= 11 is 0. The third-order valence-corrected chi connectivity index (χ3v) is 4.67. The molecule has 1 N–H and O–H groups in total. The van der Waals surface area contributed by atoms with E-state index >= 15 is 0 Å². The fourth-order valence-electron chi connectivity index (χ4n) is 3.01. The van der Waals surface area contributed by atoms with Gasteiger partial charge in [-0.25, -0.2) is 0 Å². The second-order valence-corrected chi connectivity index (χ2v) is 6.69. The van der Waals surface area contributed by atoms with Crippen molar-refractivity contribution in [3.8, 4) is 11.5 Å². The Morgan fingerprint density at radius 2 is 1.68 bits per heavy atom. The molecule has 3 rings (SSSR count). The Hall–Kier alpha value is -3.27. The lowest BCUT2D eigenvalue weighted by atomic mass is 10.1. The Morgan fingerprint density at radius 1 is 0.964 bits per heavy atom. The van der Waals surface area contributed by atoms with Crippen LogP contribution in [0, 0.1) is 6.92 Å². The van der Waals surface area contributed by atoms with Crippen LogP contribution in [-0.4, -0.2) is 13.0 Å². The molecule has 28 heavy (non-hydrogen) atoms. The lowest BCUT2D eigenvalue weighted by Crippen LogP contribution is -2.26. The molecule has 0 spiro atoms. The molecule has 1 amide bonds. The van der Waals surface area contributed by atoms with Crippen molar-refractivity contribution in [3.05, 3.63) is 95.1 Å². The molecule has 3 aromatic rings. The zero-order valence-electron chi connectivity index (χ0n) is 16.4. The molecule has 0 saturated heterocycles. The van der Waals surface area contributed by atoms with Crippen molar-refractivity contribution in [3.63, 3.8) is 0 Å². The van der Waals surface area contributed by atoms with Gasteiger partial charge in [0, 0.05) is 11.1 Å². The molecule has 1 atom stereocenters. The number of carbonyl (C=O) groups excluding carboxylic acids is 1. The number of carbonyl (C=O) groups is 1. The summed E-state index contributed by atoms with van der Waals surface area (Å²) in [4.78, 5) is 12.7. The molecule has 0 aliphatic carbocycles. The molecule has 0 fully saturated rings. The third kappa shape index (κ3) is 4.71. The van der Waals surface area contributed by atoms with E-state index in [1.807, 2.05) is 74.5 Å². The van der Waals surface area contributed by atoms with Crippen molar-refractivity contribution >= 4 is 5.91 Å². The average molecular weight is 375 g/mol. The lowest BCUT2D eigenvalue weighted by Gasteiger charge is -2.16. The molecule has 0 bridgehead atoms. The molecule has 0 aliphatic rings. The highest BCUT2D eigenvalue weighted by atomic mass is 16.5. The maximum Gasteiger partial charge on any atom is 0.251 e. The van der Waals surface area contributed by atoms with E-state index in [9.17, 15) is 4.79 Å². The van der Waals surface area contributed by atoms with Crippen LogP contribution in [0.2, 0.25) is 0 Å². The molecule has 0 radical (unpaired) electrons. The molecule has 0 heterocycles. The molecular formula is C24H25NO3. The SMILES string of the molecule is COc1ccc(C(=O)N[C@H](C)c2ccccc2)cc1COc1ccccc1C. The summed E-state index contributed by atoms with van der Waals surface area (Å²) in [6.45, 7) is 4.30. The van der Waals surface area contributed by atoms with E-state index < -0.39 is 0 Å². The molecule has 144 valence electrons. The van der Waals surface area contributed by atoms with Gasteiger partial charge in [-0.05, 0) is 49.2 Å². The van der Waals surface area contributed by atoms with Crippen molar-refractivity contribution in [2.75, 3.05) is 7.11 Å². The third-order valence-electron chi connectivity index (χ3n) is 4.67. The van der Waals surface area contributed by atoms with Gasteiger partial charge in [-0.2, -0.15) is 0 Å². The van der Waals surface area contributed by atoms with Gasteiger partial charge >= 0.3 is 0 Å². The van der Waals surface area contributed by atoms with Gasteiger partial charge in [0.15, 0.2) is 0 Å². The molecule has 3 aromatic carbocycles. The number of nitrogens with one attached hydrogen (secondary N) is 1. The van der Waals surface area contributed by atoms with Gasteiger partial charge in [0.1, 0.15) is 18.1 Å². The molecule has 0 unspecified atom stereocenters. The molecule has 0 aliphatic heterocycles. The lowest BCUT2D eigenvalue weighted by molar-refractivity contribution is 0.0939. The quantitative estimate of drug-likeness (QED) is 0.627. The standard InChI is InChI=1S/C24H25NO3/c1-17-9-7-8-12-22(17)28-16-21-15-20(13-14-23(21)27-3)24(26)25-18(2)19-10-5-4-6-11-19/h4-15,18H,16H2,1-3H3,(H,25,26)/t18-/m1/s1. The van der Waals surface area contributed by atoms with Gasteiger partial charge in [0.25, 0.3) is 5.91 Å². The number of amides is 1. The van der Waals surface area contributed by atoms with E-state index in [0.717, 1.165) is 22.4 Å². The molecular weight excluding hydrogens is 350 g/mol. The van der Waals surface area contributed by atoms with Crippen LogP contribution in [0.5, 0.6) is 11.5 Å². The molecule has 0 aromatic heterocycles. The highest BCUT2D eigenvalue weighted by Crippen LogP contribution is 2.24. The minimum atomic E-state index is -0.129. The predicted molar refractivity (Wildman–Crippen MR) is 111 cm³/mol. The van der Waals surface area contributed by atoms with Crippen LogP contribution in [0.4, 0.5) is 0 Å². The van der Waals surface area contributed by atoms with Gasteiger partial charge in [0.2, 0.25) is 0 Å². The van der Waals surface area contributed by atoms with Gasteiger partial charge in [-0.1, -0.05) is 48.5 Å². The van der Waals surface area contributed by atoms with Crippen LogP contribution in [0.15, 0.2) is 72.8 Å². The minimum Gasteiger partial charge on any atom is -0.496 e. The minimum absolute atomic E-state index is 0.0810. The first-order valence-electron chi connectivity index (χ1n) is 9.29. The van der Waals surface area contributed by atoms with E-state index in [1.54, 1.807) is 19.2 Å². The topological polar surface area (TPSA) is 47.6 Å². The number of ether oxygens (including phenoxy) is 2. The number of benzene rings is 3. The Kier molecular flexibility index (Phi) is 6.33. The molecule has 0 saturated carbocycles. The highest BCUT2D eigenvalue weighted by Gasteiger charge is 2.14. The van der Waals surface area contributed by atoms with Crippen molar-refractivity contribution < 1.29 is 14.3 Å². The van der Waals surface area contributed by atoms with E-state index in [4.69, 9.17) is 9.47 Å². The first kappa shape index (κ1) is 19.5. The maximum absolute atomic E-state index is 12.7. The van der Waals surface area contributed by atoms with Crippen LogP contribution < -0.4 is 14.8 Å². The van der Waals surface area contributed by atoms with E-state index in [0.29, 0.717) is 17.9 Å². The normalized spacial score (nSPS) is 11.5. The predicted octanol–water partition coefficient (Wildman–Crippen LogP) is 5.07. The van der Waals surface area contributed by atoms with Crippen LogP contribution in [0.3, 0.4) is 0 Å². The second kappa shape index (κ2) is 9.09. The van der Waals surface area contributed by atoms with Gasteiger partial charge < -0.3 is 14.8 Å². The van der Waals surface area contributed by atoms with Crippen molar-refractivity contribution in [1.82, 2.24) is 5.32 Å². The first-order valence-corrected chi connectivity index (χ1v) is 9.29. The summed E-state index contributed by atoms with van der Waals surface area (Å²) in [5.74, 6) is 1.38. The summed E-state index contributed by atoms with van der Waals surface area (Å²) < 4.78 is 11.4. The molecule has 4 heteroatoms. The van der Waals surface area contributed by atoms with Crippen molar-refractivity contribution in [2.45, 2.75) is 26.5 Å². The summed E-state index contributed by atoms with van der Waals surface area (Å²) in [6.07, 6.45) is 0. The van der Waals surface area contributed by atoms with E-state index in [1.165, 1.54) is 0 Å². The number of hydrogen-bond acceptors (Lipinski definition) is 3. The van der Waals surface area contributed by atoms with Crippen LogP contribution in [-0.2, 0) is 6.61 Å². The second-order valence-electron chi connectivity index (χ2n) is 6.69. The zero-order chi connectivity index (χ0) is 19.9.